The molecule has 1 heterocycles. The number of hydrogen-bond donors (Lipinski definition) is 0. The smallest absolute Gasteiger partial charge is 0.282 e. The maximum atomic E-state index is 5.84. The van der Waals surface area contributed by atoms with Crippen molar-refractivity contribution in [1.29, 1.82) is 0 Å². The van der Waals surface area contributed by atoms with Gasteiger partial charge in [-0.2, -0.15) is 0 Å². The van der Waals surface area contributed by atoms with Gasteiger partial charge in [0.05, 0.1) is 6.67 Å². The molecule has 0 saturated carbocycles. The molecule has 0 atom stereocenters. The highest BCUT2D eigenvalue weighted by atomic mass is 16.9. The number of unbranched alkanes of at least 4 members (excludes halogenated alkanes) is 18. The van der Waals surface area contributed by atoms with E-state index < -0.39 is 11.9 Å². The number of nitrogens with zero attached hydrogens (tertiary/aromatic N) is 2. The lowest BCUT2D eigenvalue weighted by atomic mass is 10.1. The van der Waals surface area contributed by atoms with Gasteiger partial charge in [-0.05, 0) is 80.3 Å². The van der Waals surface area contributed by atoms with E-state index >= 15 is 0 Å². The van der Waals surface area contributed by atoms with Crippen LogP contribution in [-0.2, 0) is 28.4 Å². The minimum absolute atomic E-state index is 0.615. The van der Waals surface area contributed by atoms with E-state index in [1.807, 2.05) is 41.5 Å². The van der Waals surface area contributed by atoms with Crippen LogP contribution in [0, 0.1) is 0 Å². The zero-order valence-electron chi connectivity index (χ0n) is 33.7. The van der Waals surface area contributed by atoms with Crippen molar-refractivity contribution in [2.45, 2.75) is 195 Å². The fourth-order valence-electron chi connectivity index (χ4n) is 7.26. The van der Waals surface area contributed by atoms with E-state index in [4.69, 9.17) is 28.4 Å². The van der Waals surface area contributed by atoms with Gasteiger partial charge in [-0.3, -0.25) is 9.80 Å². The van der Waals surface area contributed by atoms with Crippen molar-refractivity contribution in [2.75, 3.05) is 72.5 Å². The first-order chi connectivity index (χ1) is 24.0. The van der Waals surface area contributed by atoms with Gasteiger partial charge in [0.15, 0.2) is 0 Å². The van der Waals surface area contributed by atoms with Gasteiger partial charge < -0.3 is 28.4 Å². The summed E-state index contributed by atoms with van der Waals surface area (Å²) in [5.41, 5.74) is 0. The van der Waals surface area contributed by atoms with Crippen LogP contribution < -0.4 is 0 Å². The molecule has 49 heavy (non-hydrogen) atoms. The minimum Gasteiger partial charge on any atom is -0.328 e. The van der Waals surface area contributed by atoms with Crippen molar-refractivity contribution >= 4 is 0 Å². The molecule has 294 valence electrons. The molecule has 0 aromatic heterocycles. The summed E-state index contributed by atoms with van der Waals surface area (Å²) in [5, 5.41) is 0. The molecular formula is C41H84N2O6. The van der Waals surface area contributed by atoms with Crippen LogP contribution in [0.4, 0.5) is 0 Å². The standard InChI is InChI=1S/C41H84N2O6/c1-7-44-40(45-8-2,46-9-3)33-29-25-21-17-13-15-19-23-27-31-35-42-37-38-43(39-42)36-32-28-24-20-16-14-18-22-26-30-34-41(47-10-4,48-11-5)49-12-6/h7-39H2,1-6H3. The second-order valence-electron chi connectivity index (χ2n) is 13.9. The highest BCUT2D eigenvalue weighted by molar-refractivity contribution is 4.71. The first-order valence-electron chi connectivity index (χ1n) is 21.3. The Kier molecular flexibility index (Phi) is 30.8. The monoisotopic (exact) mass is 701 g/mol. The summed E-state index contributed by atoms with van der Waals surface area (Å²) in [6.45, 7) is 22.0. The van der Waals surface area contributed by atoms with E-state index in [1.165, 1.54) is 148 Å². The molecule has 1 saturated heterocycles. The molecule has 0 N–H and O–H groups in total. The maximum Gasteiger partial charge on any atom is 0.282 e. The van der Waals surface area contributed by atoms with Crippen molar-refractivity contribution < 1.29 is 28.4 Å². The Bertz CT molecular complexity index is 609. The molecule has 1 fully saturated rings. The van der Waals surface area contributed by atoms with Gasteiger partial charge in [0.25, 0.3) is 11.9 Å². The fourth-order valence-corrected chi connectivity index (χ4v) is 7.26. The molecular weight excluding hydrogens is 616 g/mol. The summed E-state index contributed by atoms with van der Waals surface area (Å²) < 4.78 is 35.1. The van der Waals surface area contributed by atoms with E-state index in [1.54, 1.807) is 0 Å². The molecule has 1 rings (SSSR count). The molecule has 1 aliphatic heterocycles. The molecule has 1 aliphatic rings. The largest absolute Gasteiger partial charge is 0.328 e. The predicted molar refractivity (Wildman–Crippen MR) is 205 cm³/mol. The van der Waals surface area contributed by atoms with Crippen LogP contribution in [0.1, 0.15) is 183 Å². The van der Waals surface area contributed by atoms with Crippen molar-refractivity contribution in [3.8, 4) is 0 Å². The molecule has 0 aromatic rings. The van der Waals surface area contributed by atoms with Crippen LogP contribution >= 0.6 is 0 Å². The lowest BCUT2D eigenvalue weighted by Crippen LogP contribution is -2.39. The van der Waals surface area contributed by atoms with Gasteiger partial charge in [0, 0.05) is 65.6 Å². The van der Waals surface area contributed by atoms with E-state index in [9.17, 15) is 0 Å². The second-order valence-corrected chi connectivity index (χ2v) is 13.9. The van der Waals surface area contributed by atoms with E-state index in [0.717, 1.165) is 25.7 Å². The van der Waals surface area contributed by atoms with Crippen LogP contribution in [-0.4, -0.2) is 94.2 Å². The zero-order chi connectivity index (χ0) is 35.7. The molecule has 0 radical (unpaired) electrons. The molecule has 8 nitrogen and oxygen atoms in total. The number of ether oxygens (including phenoxy) is 6. The van der Waals surface area contributed by atoms with Crippen molar-refractivity contribution in [1.82, 2.24) is 9.80 Å². The SMILES string of the molecule is CCOC(CCCCCCCCCCCCN1CCN(CCCCCCCCCCCCC(OCC)(OCC)OCC)C1)(OCC)OCC. The van der Waals surface area contributed by atoms with Gasteiger partial charge in [-0.1, -0.05) is 103 Å². The second kappa shape index (κ2) is 32.3. The average Bonchev–Trinajstić information content (AvgIpc) is 3.54. The quantitative estimate of drug-likeness (QED) is 0.0466. The summed E-state index contributed by atoms with van der Waals surface area (Å²) in [5.74, 6) is -1.66. The maximum absolute atomic E-state index is 5.84. The van der Waals surface area contributed by atoms with Gasteiger partial charge >= 0.3 is 0 Å². The molecule has 0 spiro atoms. The Morgan fingerprint density at radius 3 is 0.796 bits per heavy atom. The summed E-state index contributed by atoms with van der Waals surface area (Å²) in [4.78, 5) is 5.36. The third kappa shape index (κ3) is 23.8. The highest BCUT2D eigenvalue weighted by Gasteiger charge is 2.32. The Morgan fingerprint density at radius 2 is 0.551 bits per heavy atom. The van der Waals surface area contributed by atoms with Gasteiger partial charge in [0.2, 0.25) is 0 Å². The van der Waals surface area contributed by atoms with Gasteiger partial charge in [-0.25, -0.2) is 0 Å². The summed E-state index contributed by atoms with van der Waals surface area (Å²) >= 11 is 0. The first kappa shape index (κ1) is 46.7. The third-order valence-electron chi connectivity index (χ3n) is 9.73. The summed E-state index contributed by atoms with van der Waals surface area (Å²) in [6.07, 6.45) is 28.2. The van der Waals surface area contributed by atoms with Crippen LogP contribution in [0.15, 0.2) is 0 Å². The number of hydrogen-bond acceptors (Lipinski definition) is 8. The lowest BCUT2D eigenvalue weighted by Gasteiger charge is -2.32. The topological polar surface area (TPSA) is 61.9 Å². The molecule has 8 heteroatoms. The normalized spacial score (nSPS) is 14.8. The molecule has 0 bridgehead atoms. The molecule has 0 unspecified atom stereocenters. The lowest BCUT2D eigenvalue weighted by molar-refractivity contribution is -0.380. The van der Waals surface area contributed by atoms with Crippen LogP contribution in [0.2, 0.25) is 0 Å². The number of rotatable bonds is 38. The van der Waals surface area contributed by atoms with Crippen molar-refractivity contribution in [3.05, 3.63) is 0 Å². The molecule has 0 aliphatic carbocycles. The van der Waals surface area contributed by atoms with E-state index in [-0.39, 0.29) is 0 Å². The van der Waals surface area contributed by atoms with Gasteiger partial charge in [0.1, 0.15) is 0 Å². The molecule has 0 amide bonds. The Balaban J connectivity index is 1.90. The fraction of sp³-hybridized carbons (Fsp3) is 1.00. The summed E-state index contributed by atoms with van der Waals surface area (Å²) in [7, 11) is 0. The zero-order valence-corrected chi connectivity index (χ0v) is 33.7. The van der Waals surface area contributed by atoms with Crippen LogP contribution in [0.25, 0.3) is 0 Å². The van der Waals surface area contributed by atoms with Crippen molar-refractivity contribution in [2.24, 2.45) is 0 Å². The van der Waals surface area contributed by atoms with Gasteiger partial charge in [-0.15, -0.1) is 0 Å². The van der Waals surface area contributed by atoms with E-state index in [2.05, 4.69) is 9.80 Å². The summed E-state index contributed by atoms with van der Waals surface area (Å²) in [6, 6.07) is 0. The minimum atomic E-state index is -0.831. The Morgan fingerprint density at radius 1 is 0.327 bits per heavy atom. The van der Waals surface area contributed by atoms with Crippen LogP contribution in [0.5, 0.6) is 0 Å². The Labute approximate surface area is 305 Å². The third-order valence-corrected chi connectivity index (χ3v) is 9.73. The van der Waals surface area contributed by atoms with Crippen molar-refractivity contribution in [3.63, 3.8) is 0 Å². The highest BCUT2D eigenvalue weighted by Crippen LogP contribution is 2.25. The average molecular weight is 701 g/mol. The Hall–Kier alpha value is -0.320. The van der Waals surface area contributed by atoms with Crippen LogP contribution in [0.3, 0.4) is 0 Å². The molecule has 0 aromatic carbocycles. The predicted octanol–water partition coefficient (Wildman–Crippen LogP) is 10.7. The van der Waals surface area contributed by atoms with E-state index in [0.29, 0.717) is 39.6 Å². The first-order valence-corrected chi connectivity index (χ1v) is 21.3.